The van der Waals surface area contributed by atoms with Crippen LogP contribution in [0.4, 0.5) is 0 Å². The van der Waals surface area contributed by atoms with Gasteiger partial charge in [-0.15, -0.1) is 8.58 Å². The highest BCUT2D eigenvalue weighted by Gasteiger charge is 1.33. The van der Waals surface area contributed by atoms with Crippen LogP contribution >= 0.6 is 8.58 Å². The molecule has 0 rings (SSSR count). The lowest BCUT2D eigenvalue weighted by Gasteiger charge is -1.50. The van der Waals surface area contributed by atoms with Gasteiger partial charge < -0.3 is 0 Å². The van der Waals surface area contributed by atoms with Crippen LogP contribution in [-0.4, -0.2) is 291 Å². The molecule has 0 saturated carbocycles. The normalized spacial score (nSPS) is 0.500. The molecule has 119 valence electrons. The fourth-order valence-corrected chi connectivity index (χ4v) is 0. The van der Waals surface area contributed by atoms with Crippen molar-refractivity contribution in [2.45, 2.75) is 0 Å². The van der Waals surface area contributed by atoms with Crippen molar-refractivity contribution in [3.05, 3.63) is 0 Å². The maximum Gasteiger partial charge on any atom is 0 e. The Morgan fingerprint density at radius 3 is 0.139 bits per heavy atom. The minimum absolute atomic E-state index is 0. The summed E-state index contributed by atoms with van der Waals surface area (Å²) in [6, 6.07) is 0. The molecule has 0 N–H and O–H groups in total. The molecular formula is C2H7B33P. The van der Waals surface area contributed by atoms with Crippen molar-refractivity contribution in [3.8, 4) is 0 Å². The van der Waals surface area contributed by atoms with E-state index in [-0.39, 0.29) is 278 Å². The van der Waals surface area contributed by atoms with Gasteiger partial charge in [0.25, 0.3) is 0 Å². The van der Waals surface area contributed by atoms with Gasteiger partial charge in [0.15, 0.2) is 0 Å². The predicted molar refractivity (Wildman–Crippen MR) is 210 cm³/mol. The van der Waals surface area contributed by atoms with E-state index < -0.39 is 0 Å². The molecule has 0 aromatic carbocycles. The van der Waals surface area contributed by atoms with Crippen molar-refractivity contribution in [2.75, 3.05) is 13.3 Å². The lowest BCUT2D eigenvalue weighted by atomic mass is 10.8. The summed E-state index contributed by atoms with van der Waals surface area (Å²) in [7, 11) is 1.08. The highest BCUT2D eigenvalue weighted by Crippen LogP contribution is 1.84. The van der Waals surface area contributed by atoms with Crippen molar-refractivity contribution in [3.63, 3.8) is 0 Å². The first-order chi connectivity index (χ1) is 1.41. The van der Waals surface area contributed by atoms with Gasteiger partial charge in [0.2, 0.25) is 0 Å². The second-order valence-corrected chi connectivity index (χ2v) is 1.50. The van der Waals surface area contributed by atoms with E-state index in [1.807, 2.05) is 0 Å². The summed E-state index contributed by atoms with van der Waals surface area (Å²) in [5, 5.41) is 0. The van der Waals surface area contributed by atoms with Crippen LogP contribution in [-0.2, 0) is 0 Å². The fourth-order valence-electron chi connectivity index (χ4n) is 0. The molecule has 0 saturated heterocycles. The largest absolute Gasteiger partial charge is 0.129 e. The highest BCUT2D eigenvalue weighted by molar-refractivity contribution is 7.35. The van der Waals surface area contributed by atoms with E-state index in [4.69, 9.17) is 0 Å². The Morgan fingerprint density at radius 1 is 0.139 bits per heavy atom. The van der Waals surface area contributed by atoms with E-state index in [1.165, 1.54) is 0 Å². The molecule has 0 aromatic rings. The summed E-state index contributed by atoms with van der Waals surface area (Å²) in [5.74, 6) is 0. The Morgan fingerprint density at radius 2 is 0.139 bits per heavy atom. The van der Waals surface area contributed by atoms with Gasteiger partial charge in [-0.3, -0.25) is 0 Å². The van der Waals surface area contributed by atoms with Gasteiger partial charge in [-0.1, -0.05) is 0 Å². The second kappa shape index (κ2) is 3940. The lowest BCUT2D eigenvalue weighted by molar-refractivity contribution is 2.32. The third-order valence-electron chi connectivity index (χ3n) is 0. The maximum absolute atomic E-state index is 2.15. The van der Waals surface area contributed by atoms with Gasteiger partial charge in [-0.2, -0.15) is 0 Å². The Bertz CT molecular complexity index is 17.7. The molecule has 0 spiro atoms. The predicted octanol–water partition coefficient (Wildman–Crippen LogP) is -11.6. The molecule has 0 bridgehead atoms. The molecule has 0 atom stereocenters. The molecule has 0 fully saturated rings. The summed E-state index contributed by atoms with van der Waals surface area (Å²) in [6.45, 7) is 4.31. The zero-order valence-corrected chi connectivity index (χ0v) is 22.6. The van der Waals surface area contributed by atoms with Crippen LogP contribution < -0.4 is 0 Å². The molecule has 0 aliphatic carbocycles. The Labute approximate surface area is 298 Å². The van der Waals surface area contributed by atoms with Gasteiger partial charge in [-0.25, -0.2) is 0 Å². The molecule has 0 heterocycles. The van der Waals surface area contributed by atoms with E-state index in [0.29, 0.717) is 0 Å². The van der Waals surface area contributed by atoms with Crippen molar-refractivity contribution < 1.29 is 0 Å². The molecular weight excluding hydrogens is 412 g/mol. The van der Waals surface area contributed by atoms with E-state index in [9.17, 15) is 0 Å². The summed E-state index contributed by atoms with van der Waals surface area (Å²) < 4.78 is 0. The monoisotopic (exact) mass is 425 g/mol. The molecule has 99 radical (unpaired) electrons. The molecule has 0 amide bonds. The van der Waals surface area contributed by atoms with Crippen LogP contribution in [0.5, 0.6) is 0 Å². The van der Waals surface area contributed by atoms with Gasteiger partial charge in [-0.05, 0) is 13.3 Å². The Balaban J connectivity index is -0.0000000000379. The average molecular weight is 419 g/mol. The Kier molecular flexibility index (Phi) is 285000. The first-order valence-corrected chi connectivity index (χ1v) is 3.00. The minimum atomic E-state index is 0. The second-order valence-electron chi connectivity index (χ2n) is 0.500. The third-order valence-corrected chi connectivity index (χ3v) is 0. The Hall–Kier alpha value is 2.57. The van der Waals surface area contributed by atoms with Crippen LogP contribution in [0, 0.1) is 0 Å². The van der Waals surface area contributed by atoms with Gasteiger partial charge in [0.05, 0.1) is 0 Å². The quantitative estimate of drug-likeness (QED) is 0.271. The zero-order valence-electron chi connectivity index (χ0n) is 21.6. The number of rotatable bonds is 0. The van der Waals surface area contributed by atoms with Crippen LogP contribution in [0.15, 0.2) is 0 Å². The summed E-state index contributed by atoms with van der Waals surface area (Å²) in [4.78, 5) is 0. The SMILES string of the molecule is CPC.[B].[B].[B].[B].[B].[B].[B].[B].[B].[B].[B].[B].[B].[B].[B].[B].[B].[B].[B].[B].[B].[B].[B].[B].[B].[B].[B].[B].[B].[B].[B].[B].[B]. The van der Waals surface area contributed by atoms with E-state index in [0.717, 1.165) is 8.58 Å². The lowest BCUT2D eigenvalue weighted by Crippen LogP contribution is -1.18. The molecule has 0 aromatic heterocycles. The first kappa shape index (κ1) is 2600. The minimum Gasteiger partial charge on any atom is -0.129 e. The van der Waals surface area contributed by atoms with E-state index in [2.05, 4.69) is 13.3 Å². The maximum atomic E-state index is 2.15. The summed E-state index contributed by atoms with van der Waals surface area (Å²) in [5.41, 5.74) is 0. The van der Waals surface area contributed by atoms with Crippen LogP contribution in [0.2, 0.25) is 0 Å². The first-order valence-electron chi connectivity index (χ1n) is 1.00. The highest BCUT2D eigenvalue weighted by atomic mass is 31.1. The van der Waals surface area contributed by atoms with Gasteiger partial charge in [0.1, 0.15) is 0 Å². The molecule has 0 aliphatic heterocycles. The third kappa shape index (κ3) is 6990. The fraction of sp³-hybridized carbons (Fsp3) is 1.00. The number of hydrogen-bond acceptors (Lipinski definition) is 0. The van der Waals surface area contributed by atoms with Gasteiger partial charge >= 0.3 is 0 Å². The van der Waals surface area contributed by atoms with E-state index in [1.54, 1.807) is 0 Å². The standard InChI is InChI=1S/C2H7P.33B/c1-3-2;;;;;;;;;;;;;;;;;;;;;;;;;;;;;;;;;/h3H,1-2H3;;;;;;;;;;;;;;;;;;;;;;;;;;;;;;;;;. The van der Waals surface area contributed by atoms with Crippen LogP contribution in [0.25, 0.3) is 0 Å². The topological polar surface area (TPSA) is 0 Å². The molecule has 0 aliphatic rings. The molecule has 34 heteroatoms. The van der Waals surface area contributed by atoms with Crippen molar-refractivity contribution >= 4 is 286 Å². The molecule has 0 nitrogen and oxygen atoms in total. The summed E-state index contributed by atoms with van der Waals surface area (Å²) >= 11 is 0. The van der Waals surface area contributed by atoms with Crippen LogP contribution in [0.3, 0.4) is 0 Å². The zero-order chi connectivity index (χ0) is 2.71. The van der Waals surface area contributed by atoms with Crippen molar-refractivity contribution in [1.82, 2.24) is 0 Å². The smallest absolute Gasteiger partial charge is 0 e. The average Bonchev–Trinajstić information content (AvgIpc) is 0.918. The molecule has 36 heavy (non-hydrogen) atoms. The summed E-state index contributed by atoms with van der Waals surface area (Å²) in [6.07, 6.45) is 0. The van der Waals surface area contributed by atoms with E-state index >= 15 is 0 Å². The van der Waals surface area contributed by atoms with Gasteiger partial charge in [0, 0.05) is 278 Å². The van der Waals surface area contributed by atoms with Crippen molar-refractivity contribution in [2.24, 2.45) is 0 Å². The van der Waals surface area contributed by atoms with Crippen LogP contribution in [0.1, 0.15) is 0 Å². The number of hydrogen-bond donors (Lipinski definition) is 0. The van der Waals surface area contributed by atoms with Crippen molar-refractivity contribution in [1.29, 1.82) is 0 Å². The molecule has 0 unspecified atom stereocenters.